The Balaban J connectivity index is 2.62. The number of rotatable bonds is 6. The zero-order chi connectivity index (χ0) is 12.7. The van der Waals surface area contributed by atoms with Gasteiger partial charge in [0.15, 0.2) is 0 Å². The Hall–Kier alpha value is -1.82. The van der Waals surface area contributed by atoms with Crippen molar-refractivity contribution < 1.29 is 0 Å². The van der Waals surface area contributed by atoms with Gasteiger partial charge in [-0.25, -0.2) is 0 Å². The summed E-state index contributed by atoms with van der Waals surface area (Å²) in [6, 6.07) is 8.49. The van der Waals surface area contributed by atoms with E-state index in [0.717, 1.165) is 24.0 Å². The highest BCUT2D eigenvalue weighted by Crippen LogP contribution is 2.13. The molecule has 0 aliphatic heterocycles. The first-order valence-electron chi connectivity index (χ1n) is 5.85. The lowest BCUT2D eigenvalue weighted by Crippen LogP contribution is -1.88. The van der Waals surface area contributed by atoms with Crippen LogP contribution >= 0.6 is 0 Å². The van der Waals surface area contributed by atoms with Gasteiger partial charge in [0.05, 0.1) is 0 Å². The molecule has 0 unspecified atom stereocenters. The van der Waals surface area contributed by atoms with E-state index >= 15 is 0 Å². The van der Waals surface area contributed by atoms with Gasteiger partial charge in [-0.2, -0.15) is 0 Å². The first kappa shape index (κ1) is 13.2. The van der Waals surface area contributed by atoms with Crippen molar-refractivity contribution in [2.24, 2.45) is 0 Å². The van der Waals surface area contributed by atoms with Crippen LogP contribution in [0.2, 0.25) is 0 Å². The zero-order valence-electron chi connectivity index (χ0n) is 10.6. The van der Waals surface area contributed by atoms with E-state index in [2.05, 4.69) is 50.1 Å². The van der Waals surface area contributed by atoms with Crippen LogP contribution in [0.4, 0.5) is 0 Å². The van der Waals surface area contributed by atoms with Crippen LogP contribution in [0.5, 0.6) is 0 Å². The molecule has 0 heteroatoms. The van der Waals surface area contributed by atoms with Crippen molar-refractivity contribution in [1.29, 1.82) is 0 Å². The van der Waals surface area contributed by atoms with Crippen molar-refractivity contribution in [3.8, 4) is 0 Å². The Labute approximate surface area is 105 Å². The van der Waals surface area contributed by atoms with Crippen LogP contribution in [0.1, 0.15) is 24.5 Å². The normalized spacial score (nSPS) is 11.0. The maximum absolute atomic E-state index is 3.89. The SMILES string of the molecule is C=C/C(=C\C(=C)C)CCc1ccc(C=C)cc1. The van der Waals surface area contributed by atoms with Crippen molar-refractivity contribution in [2.75, 3.05) is 0 Å². The fraction of sp³-hybridized carbons (Fsp3) is 0.176. The van der Waals surface area contributed by atoms with Gasteiger partial charge >= 0.3 is 0 Å². The molecule has 0 saturated heterocycles. The lowest BCUT2D eigenvalue weighted by molar-refractivity contribution is 0.964. The predicted octanol–water partition coefficient (Wildman–Crippen LogP) is 4.95. The third-order valence-corrected chi connectivity index (χ3v) is 2.61. The maximum Gasteiger partial charge on any atom is -0.0238 e. The van der Waals surface area contributed by atoms with Gasteiger partial charge in [-0.3, -0.25) is 0 Å². The van der Waals surface area contributed by atoms with E-state index in [1.807, 2.05) is 19.1 Å². The predicted molar refractivity (Wildman–Crippen MR) is 77.9 cm³/mol. The Morgan fingerprint density at radius 3 is 2.29 bits per heavy atom. The molecule has 0 fully saturated rings. The van der Waals surface area contributed by atoms with Crippen molar-refractivity contribution in [3.05, 3.63) is 78.4 Å². The van der Waals surface area contributed by atoms with E-state index in [9.17, 15) is 0 Å². The molecule has 0 radical (unpaired) electrons. The Morgan fingerprint density at radius 1 is 1.18 bits per heavy atom. The van der Waals surface area contributed by atoms with Crippen LogP contribution in [-0.2, 0) is 6.42 Å². The summed E-state index contributed by atoms with van der Waals surface area (Å²) in [6.45, 7) is 13.5. The van der Waals surface area contributed by atoms with Gasteiger partial charge in [-0.05, 0) is 36.5 Å². The quantitative estimate of drug-likeness (QED) is 0.600. The summed E-state index contributed by atoms with van der Waals surface area (Å²) < 4.78 is 0. The first-order chi connectivity index (χ1) is 8.15. The van der Waals surface area contributed by atoms with E-state index < -0.39 is 0 Å². The molecule has 0 heterocycles. The fourth-order valence-corrected chi connectivity index (χ4v) is 1.66. The van der Waals surface area contributed by atoms with E-state index in [0.29, 0.717) is 0 Å². The lowest BCUT2D eigenvalue weighted by atomic mass is 10.0. The number of hydrogen-bond donors (Lipinski definition) is 0. The standard InChI is InChI=1S/C17H20/c1-5-15-7-10-17(11-8-15)12-9-16(6-2)13-14(3)4/h5-8,10-11,13H,1-3,9,12H2,4H3/b16-13+. The summed E-state index contributed by atoms with van der Waals surface area (Å²) in [7, 11) is 0. The van der Waals surface area contributed by atoms with Gasteiger partial charge in [-0.1, -0.05) is 67.8 Å². The van der Waals surface area contributed by atoms with Gasteiger partial charge in [0.1, 0.15) is 0 Å². The minimum Gasteiger partial charge on any atom is -0.0988 e. The van der Waals surface area contributed by atoms with Crippen LogP contribution in [0, 0.1) is 0 Å². The Kier molecular flexibility index (Phi) is 5.22. The van der Waals surface area contributed by atoms with Crippen LogP contribution in [0.15, 0.2) is 67.3 Å². The average Bonchev–Trinajstić information content (AvgIpc) is 2.34. The molecular weight excluding hydrogens is 204 g/mol. The number of benzene rings is 1. The van der Waals surface area contributed by atoms with Gasteiger partial charge in [0.25, 0.3) is 0 Å². The van der Waals surface area contributed by atoms with Crippen molar-refractivity contribution in [3.63, 3.8) is 0 Å². The Morgan fingerprint density at radius 2 is 1.82 bits per heavy atom. The molecule has 0 spiro atoms. The van der Waals surface area contributed by atoms with Gasteiger partial charge in [-0.15, -0.1) is 0 Å². The highest BCUT2D eigenvalue weighted by atomic mass is 14.0. The molecule has 0 aliphatic carbocycles. The molecule has 0 atom stereocenters. The highest BCUT2D eigenvalue weighted by Gasteiger charge is 1.96. The summed E-state index contributed by atoms with van der Waals surface area (Å²) in [5, 5.41) is 0. The number of aryl methyl sites for hydroxylation is 1. The van der Waals surface area contributed by atoms with Crippen molar-refractivity contribution >= 4 is 6.08 Å². The highest BCUT2D eigenvalue weighted by molar-refractivity contribution is 5.47. The van der Waals surface area contributed by atoms with E-state index in [4.69, 9.17) is 0 Å². The smallest absolute Gasteiger partial charge is 0.0238 e. The summed E-state index contributed by atoms with van der Waals surface area (Å²) >= 11 is 0. The molecule has 0 saturated carbocycles. The number of hydrogen-bond acceptors (Lipinski definition) is 0. The molecule has 1 aromatic carbocycles. The molecule has 1 rings (SSSR count). The summed E-state index contributed by atoms with van der Waals surface area (Å²) in [5.41, 5.74) is 4.81. The molecule has 88 valence electrons. The molecule has 0 bridgehead atoms. The average molecular weight is 224 g/mol. The lowest BCUT2D eigenvalue weighted by Gasteiger charge is -2.04. The van der Waals surface area contributed by atoms with Gasteiger partial charge in [0, 0.05) is 0 Å². The topological polar surface area (TPSA) is 0 Å². The minimum absolute atomic E-state index is 1.00. The second-order valence-electron chi connectivity index (χ2n) is 4.22. The Bertz CT molecular complexity index is 430. The largest absolute Gasteiger partial charge is 0.0988 e. The van der Waals surface area contributed by atoms with E-state index in [-0.39, 0.29) is 0 Å². The van der Waals surface area contributed by atoms with E-state index in [1.165, 1.54) is 11.1 Å². The summed E-state index contributed by atoms with van der Waals surface area (Å²) in [5.74, 6) is 0. The van der Waals surface area contributed by atoms with Crippen LogP contribution < -0.4 is 0 Å². The van der Waals surface area contributed by atoms with Gasteiger partial charge in [0.2, 0.25) is 0 Å². The molecule has 1 aromatic rings. The first-order valence-corrected chi connectivity index (χ1v) is 5.85. The molecule has 0 aromatic heterocycles. The summed E-state index contributed by atoms with van der Waals surface area (Å²) in [4.78, 5) is 0. The maximum atomic E-state index is 3.89. The number of allylic oxidation sites excluding steroid dienone is 4. The van der Waals surface area contributed by atoms with Crippen molar-refractivity contribution in [1.82, 2.24) is 0 Å². The molecule has 0 nitrogen and oxygen atoms in total. The minimum atomic E-state index is 1.00. The fourth-order valence-electron chi connectivity index (χ4n) is 1.66. The molecule has 17 heavy (non-hydrogen) atoms. The van der Waals surface area contributed by atoms with E-state index in [1.54, 1.807) is 0 Å². The second kappa shape index (κ2) is 6.70. The third kappa shape index (κ3) is 4.69. The monoisotopic (exact) mass is 224 g/mol. The van der Waals surface area contributed by atoms with Gasteiger partial charge < -0.3 is 0 Å². The zero-order valence-corrected chi connectivity index (χ0v) is 10.6. The van der Waals surface area contributed by atoms with Crippen LogP contribution in [0.25, 0.3) is 6.08 Å². The van der Waals surface area contributed by atoms with Crippen molar-refractivity contribution in [2.45, 2.75) is 19.8 Å². The van der Waals surface area contributed by atoms with Crippen LogP contribution in [0.3, 0.4) is 0 Å². The molecular formula is C17H20. The molecule has 0 N–H and O–H groups in total. The third-order valence-electron chi connectivity index (χ3n) is 2.61. The molecule has 0 aliphatic rings. The summed E-state index contributed by atoms with van der Waals surface area (Å²) in [6.07, 6.45) is 7.89. The molecule has 0 amide bonds. The van der Waals surface area contributed by atoms with Crippen LogP contribution in [-0.4, -0.2) is 0 Å². The second-order valence-corrected chi connectivity index (χ2v) is 4.22.